The standard InChI is InChI=1S/C6H10F2O5/c7-6(8,2-10)5(13)4(12)3(11)1-9/h2-5,9,11-13H,1H2/t3-,4+,5-/m1/s1. The van der Waals surface area contributed by atoms with E-state index >= 15 is 0 Å². The summed E-state index contributed by atoms with van der Waals surface area (Å²) >= 11 is 0. The van der Waals surface area contributed by atoms with Crippen LogP contribution in [0.1, 0.15) is 0 Å². The number of halogens is 2. The summed E-state index contributed by atoms with van der Waals surface area (Å²) in [5.41, 5.74) is 0. The summed E-state index contributed by atoms with van der Waals surface area (Å²) < 4.78 is 24.6. The molecule has 0 aromatic carbocycles. The average Bonchev–Trinajstić information content (AvgIpc) is 2.14. The predicted octanol–water partition coefficient (Wildman–Crippen LogP) is -2.10. The molecule has 78 valence electrons. The molecule has 0 spiro atoms. The van der Waals surface area contributed by atoms with E-state index in [0.29, 0.717) is 0 Å². The van der Waals surface area contributed by atoms with Crippen LogP contribution < -0.4 is 0 Å². The van der Waals surface area contributed by atoms with Crippen LogP contribution in [0.4, 0.5) is 8.78 Å². The molecule has 0 bridgehead atoms. The molecule has 0 aromatic heterocycles. The minimum Gasteiger partial charge on any atom is -0.394 e. The van der Waals surface area contributed by atoms with E-state index in [1.54, 1.807) is 0 Å². The summed E-state index contributed by atoms with van der Waals surface area (Å²) in [7, 11) is 0. The van der Waals surface area contributed by atoms with Gasteiger partial charge in [-0.05, 0) is 0 Å². The maximum atomic E-state index is 12.3. The lowest BCUT2D eigenvalue weighted by molar-refractivity contribution is -0.177. The fourth-order valence-corrected chi connectivity index (χ4v) is 0.616. The molecule has 0 amide bonds. The van der Waals surface area contributed by atoms with Gasteiger partial charge in [0.05, 0.1) is 6.61 Å². The van der Waals surface area contributed by atoms with E-state index in [1.807, 2.05) is 0 Å². The average molecular weight is 200 g/mol. The van der Waals surface area contributed by atoms with Crippen molar-refractivity contribution in [1.29, 1.82) is 0 Å². The van der Waals surface area contributed by atoms with Crippen molar-refractivity contribution in [2.45, 2.75) is 24.2 Å². The zero-order valence-corrected chi connectivity index (χ0v) is 6.47. The first-order chi connectivity index (χ1) is 5.86. The Hall–Kier alpha value is -0.630. The Kier molecular flexibility index (Phi) is 4.34. The first-order valence-corrected chi connectivity index (χ1v) is 3.36. The highest BCUT2D eigenvalue weighted by Crippen LogP contribution is 2.19. The molecule has 0 fully saturated rings. The Morgan fingerprint density at radius 2 is 1.77 bits per heavy atom. The van der Waals surface area contributed by atoms with Gasteiger partial charge in [0.1, 0.15) is 12.2 Å². The summed E-state index contributed by atoms with van der Waals surface area (Å²) in [6, 6.07) is 0. The first kappa shape index (κ1) is 12.4. The highest BCUT2D eigenvalue weighted by atomic mass is 19.3. The molecule has 0 saturated heterocycles. The first-order valence-electron chi connectivity index (χ1n) is 3.36. The van der Waals surface area contributed by atoms with Crippen molar-refractivity contribution in [3.8, 4) is 0 Å². The number of aliphatic hydroxyl groups is 4. The minimum atomic E-state index is -4.14. The van der Waals surface area contributed by atoms with Crippen molar-refractivity contribution in [2.75, 3.05) is 6.61 Å². The Morgan fingerprint density at radius 3 is 2.08 bits per heavy atom. The van der Waals surface area contributed by atoms with E-state index in [4.69, 9.17) is 20.4 Å². The second kappa shape index (κ2) is 4.56. The maximum absolute atomic E-state index is 12.3. The number of carbonyl (C=O) groups is 1. The van der Waals surface area contributed by atoms with Crippen LogP contribution in [0.2, 0.25) is 0 Å². The molecule has 5 nitrogen and oxygen atoms in total. The van der Waals surface area contributed by atoms with E-state index in [2.05, 4.69) is 0 Å². The van der Waals surface area contributed by atoms with Crippen LogP contribution in [-0.2, 0) is 4.79 Å². The third-order valence-electron chi connectivity index (χ3n) is 1.46. The molecule has 3 atom stereocenters. The van der Waals surface area contributed by atoms with Crippen molar-refractivity contribution in [1.82, 2.24) is 0 Å². The third-order valence-corrected chi connectivity index (χ3v) is 1.46. The molecular formula is C6H10F2O5. The van der Waals surface area contributed by atoms with Crippen LogP contribution in [-0.4, -0.2) is 57.6 Å². The molecule has 0 rings (SSSR count). The summed E-state index contributed by atoms with van der Waals surface area (Å²) in [6.07, 6.45) is -7.76. The van der Waals surface area contributed by atoms with Crippen molar-refractivity contribution < 1.29 is 34.0 Å². The highest BCUT2D eigenvalue weighted by Gasteiger charge is 2.44. The van der Waals surface area contributed by atoms with Gasteiger partial charge in [-0.2, -0.15) is 8.78 Å². The molecule has 0 heterocycles. The van der Waals surface area contributed by atoms with E-state index in [0.717, 1.165) is 0 Å². The van der Waals surface area contributed by atoms with Gasteiger partial charge in [0.25, 0.3) is 0 Å². The second-order valence-corrected chi connectivity index (χ2v) is 2.48. The lowest BCUT2D eigenvalue weighted by Crippen LogP contribution is -2.50. The van der Waals surface area contributed by atoms with E-state index < -0.39 is 37.1 Å². The summed E-state index contributed by atoms with van der Waals surface area (Å²) in [5, 5.41) is 34.3. The van der Waals surface area contributed by atoms with Crippen LogP contribution in [0.15, 0.2) is 0 Å². The van der Waals surface area contributed by atoms with Crippen LogP contribution in [0, 0.1) is 0 Å². The molecule has 0 saturated carbocycles. The quantitative estimate of drug-likeness (QED) is 0.381. The van der Waals surface area contributed by atoms with Gasteiger partial charge in [0.15, 0.2) is 12.4 Å². The van der Waals surface area contributed by atoms with Gasteiger partial charge in [0, 0.05) is 0 Å². The van der Waals surface area contributed by atoms with Gasteiger partial charge < -0.3 is 20.4 Å². The van der Waals surface area contributed by atoms with E-state index in [-0.39, 0.29) is 0 Å². The molecule has 7 heteroatoms. The number of carbonyl (C=O) groups excluding carboxylic acids is 1. The van der Waals surface area contributed by atoms with E-state index in [9.17, 15) is 13.6 Å². The fourth-order valence-electron chi connectivity index (χ4n) is 0.616. The molecule has 0 radical (unpaired) electrons. The van der Waals surface area contributed by atoms with Crippen molar-refractivity contribution in [2.24, 2.45) is 0 Å². The molecule has 13 heavy (non-hydrogen) atoms. The van der Waals surface area contributed by atoms with Gasteiger partial charge in [-0.15, -0.1) is 0 Å². The number of alkyl halides is 2. The highest BCUT2D eigenvalue weighted by molar-refractivity contribution is 5.60. The SMILES string of the molecule is O=CC(F)(F)[C@H](O)[C@@H](O)[C@H](O)CO. The minimum absolute atomic E-state index is 0.842. The van der Waals surface area contributed by atoms with Crippen molar-refractivity contribution >= 4 is 6.29 Å². The number of aliphatic hydroxyl groups excluding tert-OH is 4. The second-order valence-electron chi connectivity index (χ2n) is 2.48. The van der Waals surface area contributed by atoms with Crippen molar-refractivity contribution in [3.05, 3.63) is 0 Å². The van der Waals surface area contributed by atoms with Crippen LogP contribution in [0.3, 0.4) is 0 Å². The normalized spacial score (nSPS) is 19.2. The zero-order valence-electron chi connectivity index (χ0n) is 6.47. The third kappa shape index (κ3) is 2.96. The van der Waals surface area contributed by atoms with E-state index in [1.165, 1.54) is 0 Å². The van der Waals surface area contributed by atoms with Gasteiger partial charge in [0.2, 0.25) is 0 Å². The fraction of sp³-hybridized carbons (Fsp3) is 0.833. The van der Waals surface area contributed by atoms with Gasteiger partial charge in [-0.25, -0.2) is 0 Å². The number of hydrogen-bond donors (Lipinski definition) is 4. The number of hydrogen-bond acceptors (Lipinski definition) is 5. The Labute approximate surface area is 72.2 Å². The van der Waals surface area contributed by atoms with Gasteiger partial charge in [-0.3, -0.25) is 4.79 Å². The number of aldehydes is 1. The monoisotopic (exact) mass is 200 g/mol. The molecule has 4 N–H and O–H groups in total. The Bertz CT molecular complexity index is 174. The molecule has 0 aromatic rings. The predicted molar refractivity (Wildman–Crippen MR) is 36.1 cm³/mol. The molecule has 0 aliphatic rings. The van der Waals surface area contributed by atoms with Crippen LogP contribution in [0.5, 0.6) is 0 Å². The Morgan fingerprint density at radius 1 is 1.31 bits per heavy atom. The topological polar surface area (TPSA) is 98.0 Å². The van der Waals surface area contributed by atoms with Crippen molar-refractivity contribution in [3.63, 3.8) is 0 Å². The Balaban J connectivity index is 4.40. The van der Waals surface area contributed by atoms with Crippen LogP contribution in [0.25, 0.3) is 0 Å². The lowest BCUT2D eigenvalue weighted by Gasteiger charge is -2.24. The summed E-state index contributed by atoms with van der Waals surface area (Å²) in [4.78, 5) is 9.72. The molecule has 0 unspecified atom stereocenters. The molecule has 0 aliphatic carbocycles. The maximum Gasteiger partial charge on any atom is 0.330 e. The van der Waals surface area contributed by atoms with Crippen LogP contribution >= 0.6 is 0 Å². The smallest absolute Gasteiger partial charge is 0.330 e. The lowest BCUT2D eigenvalue weighted by atomic mass is 10.0. The molecular weight excluding hydrogens is 190 g/mol. The van der Waals surface area contributed by atoms with Gasteiger partial charge >= 0.3 is 5.92 Å². The van der Waals surface area contributed by atoms with Gasteiger partial charge in [-0.1, -0.05) is 0 Å². The molecule has 0 aliphatic heterocycles. The summed E-state index contributed by atoms with van der Waals surface area (Å²) in [6.45, 7) is -0.993. The largest absolute Gasteiger partial charge is 0.394 e. The summed E-state index contributed by atoms with van der Waals surface area (Å²) in [5.74, 6) is -4.14. The number of rotatable bonds is 5. The zero-order chi connectivity index (χ0) is 10.6.